The van der Waals surface area contributed by atoms with Gasteiger partial charge in [-0.2, -0.15) is 0 Å². The quantitative estimate of drug-likeness (QED) is 0.295. The molecule has 0 spiro atoms. The normalized spacial score (nSPS) is 15.8. The van der Waals surface area contributed by atoms with Crippen molar-refractivity contribution in [3.63, 3.8) is 0 Å². The molecule has 2 N–H and O–H groups in total. The molecule has 174 valence electrons. The van der Waals surface area contributed by atoms with Gasteiger partial charge in [0.15, 0.2) is 5.96 Å². The number of hydrogen-bond donors (Lipinski definition) is 2. The van der Waals surface area contributed by atoms with Gasteiger partial charge in [0.25, 0.3) is 5.91 Å². The highest BCUT2D eigenvalue weighted by Gasteiger charge is 2.23. The SMILES string of the molecule is CCN(CC)C(=O)c1ccc(CNC(=NC)NC2CCN(c3cccc(Cl)c3)C2)cc1.I. The molecular weight excluding hydrogens is 537 g/mol. The zero-order valence-electron chi connectivity index (χ0n) is 19.0. The summed E-state index contributed by atoms with van der Waals surface area (Å²) in [5.41, 5.74) is 2.98. The summed E-state index contributed by atoms with van der Waals surface area (Å²) in [6.07, 6.45) is 1.04. The molecule has 2 aromatic carbocycles. The Morgan fingerprint density at radius 2 is 1.91 bits per heavy atom. The molecule has 0 radical (unpaired) electrons. The van der Waals surface area contributed by atoms with Gasteiger partial charge in [-0.05, 0) is 56.2 Å². The van der Waals surface area contributed by atoms with E-state index in [-0.39, 0.29) is 29.9 Å². The Morgan fingerprint density at radius 3 is 2.53 bits per heavy atom. The molecule has 0 aromatic heterocycles. The fourth-order valence-electron chi connectivity index (χ4n) is 3.82. The first kappa shape index (κ1) is 26.3. The van der Waals surface area contributed by atoms with Gasteiger partial charge < -0.3 is 20.4 Å². The van der Waals surface area contributed by atoms with Crippen molar-refractivity contribution in [2.75, 3.05) is 38.1 Å². The molecule has 1 unspecified atom stereocenters. The molecule has 32 heavy (non-hydrogen) atoms. The van der Waals surface area contributed by atoms with Gasteiger partial charge in [0, 0.05) is 62.1 Å². The molecule has 0 aliphatic carbocycles. The molecule has 1 atom stereocenters. The molecule has 6 nitrogen and oxygen atoms in total. The minimum absolute atomic E-state index is 0. The lowest BCUT2D eigenvalue weighted by Crippen LogP contribution is -2.44. The first-order valence-electron chi connectivity index (χ1n) is 10.9. The minimum atomic E-state index is 0. The standard InChI is InChI=1S/C24H32ClN5O.HI/c1-4-29(5-2)23(31)19-11-9-18(10-12-19)16-27-24(26-3)28-21-13-14-30(17-21)22-8-6-7-20(25)15-22;/h6-12,15,21H,4-5,13-14,16-17H2,1-3H3,(H2,26,27,28);1H. The lowest BCUT2D eigenvalue weighted by atomic mass is 10.1. The molecule has 1 aliphatic heterocycles. The van der Waals surface area contributed by atoms with E-state index < -0.39 is 0 Å². The number of guanidine groups is 1. The van der Waals surface area contributed by atoms with E-state index in [1.165, 1.54) is 0 Å². The van der Waals surface area contributed by atoms with Crippen molar-refractivity contribution in [3.05, 3.63) is 64.7 Å². The lowest BCUT2D eigenvalue weighted by Gasteiger charge is -2.21. The Bertz CT molecular complexity index is 902. The number of carbonyl (C=O) groups excluding carboxylic acids is 1. The second-order valence-corrected chi connectivity index (χ2v) is 8.09. The van der Waals surface area contributed by atoms with E-state index in [1.54, 1.807) is 7.05 Å². The highest BCUT2D eigenvalue weighted by molar-refractivity contribution is 14.0. The molecule has 1 amide bonds. The number of hydrogen-bond acceptors (Lipinski definition) is 3. The first-order chi connectivity index (χ1) is 15.0. The zero-order chi connectivity index (χ0) is 22.2. The number of carbonyl (C=O) groups is 1. The Kier molecular flexibility index (Phi) is 10.6. The van der Waals surface area contributed by atoms with E-state index in [0.29, 0.717) is 12.6 Å². The van der Waals surface area contributed by atoms with E-state index in [1.807, 2.05) is 61.2 Å². The van der Waals surface area contributed by atoms with Crippen molar-refractivity contribution < 1.29 is 4.79 Å². The molecule has 1 aliphatic rings. The summed E-state index contributed by atoms with van der Waals surface area (Å²) in [6, 6.07) is 16.1. The van der Waals surface area contributed by atoms with Gasteiger partial charge in [0.05, 0.1) is 0 Å². The summed E-state index contributed by atoms with van der Waals surface area (Å²) < 4.78 is 0. The maximum Gasteiger partial charge on any atom is 0.253 e. The van der Waals surface area contributed by atoms with Gasteiger partial charge in [-0.1, -0.05) is 29.8 Å². The number of rotatable bonds is 7. The largest absolute Gasteiger partial charge is 0.369 e. The highest BCUT2D eigenvalue weighted by atomic mass is 127. The lowest BCUT2D eigenvalue weighted by molar-refractivity contribution is 0.0773. The fraction of sp³-hybridized carbons (Fsp3) is 0.417. The van der Waals surface area contributed by atoms with Gasteiger partial charge in [-0.3, -0.25) is 9.79 Å². The van der Waals surface area contributed by atoms with E-state index in [9.17, 15) is 4.79 Å². The summed E-state index contributed by atoms with van der Waals surface area (Å²) in [5, 5.41) is 7.65. The number of halogens is 2. The topological polar surface area (TPSA) is 60.0 Å². The maximum absolute atomic E-state index is 12.4. The monoisotopic (exact) mass is 569 g/mol. The molecule has 1 fully saturated rings. The predicted octanol–water partition coefficient (Wildman–Crippen LogP) is 4.38. The fourth-order valence-corrected chi connectivity index (χ4v) is 4.00. The first-order valence-corrected chi connectivity index (χ1v) is 11.3. The Hall–Kier alpha value is -2.00. The van der Waals surface area contributed by atoms with Crippen LogP contribution in [0.1, 0.15) is 36.2 Å². The maximum atomic E-state index is 12.4. The number of nitrogens with zero attached hydrogens (tertiary/aromatic N) is 3. The van der Waals surface area contributed by atoms with Crippen LogP contribution in [-0.4, -0.2) is 56.0 Å². The average Bonchev–Trinajstić information content (AvgIpc) is 3.26. The third kappa shape index (κ3) is 7.00. The number of anilines is 1. The number of amides is 1. The van der Waals surface area contributed by atoms with Crippen LogP contribution in [0.4, 0.5) is 5.69 Å². The Balaban J connectivity index is 0.00000363. The molecule has 1 heterocycles. The van der Waals surface area contributed by atoms with Crippen LogP contribution in [0.3, 0.4) is 0 Å². The van der Waals surface area contributed by atoms with Crippen LogP contribution < -0.4 is 15.5 Å². The van der Waals surface area contributed by atoms with E-state index in [2.05, 4.69) is 26.6 Å². The van der Waals surface area contributed by atoms with Crippen molar-refractivity contribution in [3.8, 4) is 0 Å². The molecule has 2 aromatic rings. The van der Waals surface area contributed by atoms with Gasteiger partial charge >= 0.3 is 0 Å². The molecule has 8 heteroatoms. The van der Waals surface area contributed by atoms with Gasteiger partial charge in [0.2, 0.25) is 0 Å². The Morgan fingerprint density at radius 1 is 1.19 bits per heavy atom. The van der Waals surface area contributed by atoms with Crippen LogP contribution in [0.5, 0.6) is 0 Å². The zero-order valence-corrected chi connectivity index (χ0v) is 22.1. The van der Waals surface area contributed by atoms with Crippen LogP contribution in [-0.2, 0) is 6.54 Å². The minimum Gasteiger partial charge on any atom is -0.369 e. The Labute approximate surface area is 213 Å². The van der Waals surface area contributed by atoms with Crippen molar-refractivity contribution in [2.45, 2.75) is 32.9 Å². The van der Waals surface area contributed by atoms with E-state index in [0.717, 1.165) is 60.4 Å². The van der Waals surface area contributed by atoms with Crippen molar-refractivity contribution >= 4 is 53.1 Å². The third-order valence-corrected chi connectivity index (χ3v) is 5.87. The van der Waals surface area contributed by atoms with Crippen LogP contribution in [0.15, 0.2) is 53.5 Å². The van der Waals surface area contributed by atoms with Crippen LogP contribution >= 0.6 is 35.6 Å². The highest BCUT2D eigenvalue weighted by Crippen LogP contribution is 2.23. The van der Waals surface area contributed by atoms with E-state index >= 15 is 0 Å². The number of aliphatic imine (C=N–C) groups is 1. The van der Waals surface area contributed by atoms with Crippen LogP contribution in [0.25, 0.3) is 0 Å². The third-order valence-electron chi connectivity index (χ3n) is 5.64. The number of nitrogens with one attached hydrogen (secondary N) is 2. The second kappa shape index (κ2) is 12.9. The molecule has 1 saturated heterocycles. The summed E-state index contributed by atoms with van der Waals surface area (Å²) >= 11 is 6.13. The summed E-state index contributed by atoms with van der Waals surface area (Å²) in [5.74, 6) is 0.855. The molecule has 3 rings (SSSR count). The van der Waals surface area contributed by atoms with E-state index in [4.69, 9.17) is 11.6 Å². The summed E-state index contributed by atoms with van der Waals surface area (Å²) in [4.78, 5) is 21.0. The predicted molar refractivity (Wildman–Crippen MR) is 145 cm³/mol. The number of benzene rings is 2. The average molecular weight is 570 g/mol. The van der Waals surface area contributed by atoms with Crippen molar-refractivity contribution in [1.29, 1.82) is 0 Å². The molecule has 0 bridgehead atoms. The van der Waals surface area contributed by atoms with Gasteiger partial charge in [-0.15, -0.1) is 24.0 Å². The molecule has 0 saturated carbocycles. The second-order valence-electron chi connectivity index (χ2n) is 7.66. The molecular formula is C24H33ClIN5O. The van der Waals surface area contributed by atoms with Crippen LogP contribution in [0.2, 0.25) is 5.02 Å². The summed E-state index contributed by atoms with van der Waals surface area (Å²) in [6.45, 7) is 7.96. The van der Waals surface area contributed by atoms with Crippen molar-refractivity contribution in [1.82, 2.24) is 15.5 Å². The van der Waals surface area contributed by atoms with Crippen molar-refractivity contribution in [2.24, 2.45) is 4.99 Å². The van der Waals surface area contributed by atoms with Gasteiger partial charge in [-0.25, -0.2) is 0 Å². The smallest absolute Gasteiger partial charge is 0.253 e. The van der Waals surface area contributed by atoms with Crippen LogP contribution in [0, 0.1) is 0 Å². The van der Waals surface area contributed by atoms with Gasteiger partial charge in [0.1, 0.15) is 0 Å². The summed E-state index contributed by atoms with van der Waals surface area (Å²) in [7, 11) is 1.78.